The predicted molar refractivity (Wildman–Crippen MR) is 150 cm³/mol. The molecule has 42 heavy (non-hydrogen) atoms. The second-order valence-corrected chi connectivity index (χ2v) is 10.3. The van der Waals surface area contributed by atoms with Crippen molar-refractivity contribution < 1.29 is 27.2 Å². The zero-order valence-corrected chi connectivity index (χ0v) is 23.2. The van der Waals surface area contributed by atoms with Crippen molar-refractivity contribution in [1.29, 1.82) is 5.26 Å². The number of nitriles is 1. The quantitative estimate of drug-likeness (QED) is 0.319. The van der Waals surface area contributed by atoms with Crippen LogP contribution in [0.4, 0.5) is 28.9 Å². The molecule has 9 nitrogen and oxygen atoms in total. The monoisotopic (exact) mass is 614 g/mol. The topological polar surface area (TPSA) is 103 Å². The minimum Gasteiger partial charge on any atom is -0.303 e. The minimum absolute atomic E-state index is 0.103. The Balaban J connectivity index is 1.49. The van der Waals surface area contributed by atoms with Crippen molar-refractivity contribution in [2.45, 2.75) is 31.0 Å². The van der Waals surface area contributed by atoms with Gasteiger partial charge in [0.25, 0.3) is 17.4 Å². The lowest BCUT2D eigenvalue weighted by Gasteiger charge is -2.43. The number of hydrogen-bond acceptors (Lipinski definition) is 7. The highest BCUT2D eigenvalue weighted by molar-refractivity contribution is 7.81. The highest BCUT2D eigenvalue weighted by Crippen LogP contribution is 2.48. The second kappa shape index (κ2) is 10.4. The molecule has 1 aromatic carbocycles. The predicted octanol–water partition coefficient (Wildman–Crippen LogP) is 4.24. The summed E-state index contributed by atoms with van der Waals surface area (Å²) in [6.45, 7) is 0. The number of benzene rings is 1. The smallest absolute Gasteiger partial charge is 0.303 e. The summed E-state index contributed by atoms with van der Waals surface area (Å²) >= 11 is 10.8. The van der Waals surface area contributed by atoms with Gasteiger partial charge >= 0.3 is 6.18 Å². The molecule has 2 aliphatic rings. The summed E-state index contributed by atoms with van der Waals surface area (Å²) in [6, 6.07) is 9.84. The summed E-state index contributed by atoms with van der Waals surface area (Å²) < 4.78 is 57.3. The van der Waals surface area contributed by atoms with Crippen LogP contribution >= 0.6 is 24.4 Å². The van der Waals surface area contributed by atoms with E-state index in [1.165, 1.54) is 48.5 Å². The van der Waals surface area contributed by atoms with Gasteiger partial charge in [-0.3, -0.25) is 28.8 Å². The van der Waals surface area contributed by atoms with E-state index < -0.39 is 46.2 Å². The summed E-state index contributed by atoms with van der Waals surface area (Å²) in [6.07, 6.45) is -1.40. The molecule has 0 N–H and O–H groups in total. The Morgan fingerprint density at radius 3 is 2.43 bits per heavy atom. The molecule has 0 unspecified atom stereocenters. The molecule has 2 fully saturated rings. The fourth-order valence-electron chi connectivity index (χ4n) is 4.92. The van der Waals surface area contributed by atoms with E-state index in [1.807, 2.05) is 0 Å². The first-order chi connectivity index (χ1) is 19.8. The molecule has 1 saturated carbocycles. The molecule has 0 bridgehead atoms. The molecule has 15 heteroatoms. The standard InChI is InChI=1S/C27H18F4N6O3S2/c1-34(24(41)35-10-3-2-5-21(35)38)22(39)17-7-6-15(12-19(17)28)37-25(42)36(23(40)26(37)8-4-9-26)16-11-18(27(29,30)31)20(13-32)33-14-16/h2-3,5-7,10-12,14H,4,8-9H2,1H3. The van der Waals surface area contributed by atoms with Crippen molar-refractivity contribution in [3.63, 3.8) is 0 Å². The molecule has 3 aromatic rings. The van der Waals surface area contributed by atoms with Gasteiger partial charge in [0, 0.05) is 25.0 Å². The zero-order valence-electron chi connectivity index (χ0n) is 21.6. The number of aromatic nitrogens is 2. The van der Waals surface area contributed by atoms with Crippen LogP contribution in [0.3, 0.4) is 0 Å². The number of alkyl halides is 3. The summed E-state index contributed by atoms with van der Waals surface area (Å²) in [7, 11) is 1.29. The molecule has 1 saturated heterocycles. The number of rotatable bonds is 3. The van der Waals surface area contributed by atoms with Crippen LogP contribution in [0.25, 0.3) is 0 Å². The van der Waals surface area contributed by atoms with Gasteiger partial charge in [0.05, 0.1) is 23.0 Å². The zero-order chi connectivity index (χ0) is 30.6. The number of anilines is 2. The van der Waals surface area contributed by atoms with Gasteiger partial charge in [0.1, 0.15) is 17.4 Å². The first kappa shape index (κ1) is 29.0. The van der Waals surface area contributed by atoms with Gasteiger partial charge in [-0.2, -0.15) is 18.4 Å². The molecular formula is C27H18F4N6O3S2. The van der Waals surface area contributed by atoms with E-state index in [2.05, 4.69) is 4.98 Å². The van der Waals surface area contributed by atoms with Crippen LogP contribution < -0.4 is 15.4 Å². The Morgan fingerprint density at radius 2 is 1.86 bits per heavy atom. The van der Waals surface area contributed by atoms with E-state index in [9.17, 15) is 27.6 Å². The maximum Gasteiger partial charge on any atom is 0.419 e. The molecule has 3 heterocycles. The molecule has 1 aliphatic carbocycles. The molecule has 1 spiro atoms. The maximum atomic E-state index is 15.5. The summed E-state index contributed by atoms with van der Waals surface area (Å²) in [5.74, 6) is -2.43. The van der Waals surface area contributed by atoms with Crippen molar-refractivity contribution in [1.82, 2.24) is 14.5 Å². The number of thiocarbonyl (C=S) groups is 2. The van der Waals surface area contributed by atoms with Crippen molar-refractivity contribution in [2.24, 2.45) is 0 Å². The van der Waals surface area contributed by atoms with Crippen molar-refractivity contribution in [2.75, 3.05) is 16.8 Å². The molecular weight excluding hydrogens is 596 g/mol. The van der Waals surface area contributed by atoms with E-state index in [0.717, 1.165) is 26.6 Å². The molecule has 2 amide bonds. The van der Waals surface area contributed by atoms with Crippen LogP contribution in [0.15, 0.2) is 59.7 Å². The van der Waals surface area contributed by atoms with E-state index in [4.69, 9.17) is 29.7 Å². The number of pyridine rings is 2. The molecule has 2 aromatic heterocycles. The van der Waals surface area contributed by atoms with Gasteiger partial charge in [-0.1, -0.05) is 6.07 Å². The van der Waals surface area contributed by atoms with Crippen molar-refractivity contribution >= 4 is 57.8 Å². The highest BCUT2D eigenvalue weighted by Gasteiger charge is 2.60. The number of halogens is 4. The Morgan fingerprint density at radius 1 is 1.14 bits per heavy atom. The van der Waals surface area contributed by atoms with Gasteiger partial charge in [0.2, 0.25) is 0 Å². The fraction of sp³-hybridized carbons (Fsp3) is 0.222. The third-order valence-electron chi connectivity index (χ3n) is 7.20. The largest absolute Gasteiger partial charge is 0.419 e. The summed E-state index contributed by atoms with van der Waals surface area (Å²) in [5, 5.41) is 8.68. The molecule has 214 valence electrons. The van der Waals surface area contributed by atoms with Crippen LogP contribution in [0, 0.1) is 17.1 Å². The fourth-order valence-corrected chi connectivity index (χ4v) is 5.62. The normalized spacial score (nSPS) is 15.9. The van der Waals surface area contributed by atoms with Crippen LogP contribution in [0.5, 0.6) is 0 Å². The van der Waals surface area contributed by atoms with Crippen LogP contribution in [-0.4, -0.2) is 49.1 Å². The maximum absolute atomic E-state index is 15.5. The van der Waals surface area contributed by atoms with Crippen LogP contribution in [0.2, 0.25) is 0 Å². The van der Waals surface area contributed by atoms with Gasteiger partial charge in [-0.05, 0) is 74.0 Å². The lowest BCUT2D eigenvalue weighted by molar-refractivity contribution is -0.138. The van der Waals surface area contributed by atoms with Crippen molar-refractivity contribution in [3.8, 4) is 6.07 Å². The number of nitrogens with zero attached hydrogens (tertiary/aromatic N) is 6. The first-order valence-electron chi connectivity index (χ1n) is 12.3. The van der Waals surface area contributed by atoms with E-state index in [-0.39, 0.29) is 27.2 Å². The Kier molecular flexibility index (Phi) is 7.15. The van der Waals surface area contributed by atoms with Gasteiger partial charge in [-0.25, -0.2) is 9.37 Å². The van der Waals surface area contributed by atoms with E-state index in [1.54, 1.807) is 6.07 Å². The molecule has 0 atom stereocenters. The van der Waals surface area contributed by atoms with Gasteiger partial charge in [-0.15, -0.1) is 0 Å². The summed E-state index contributed by atoms with van der Waals surface area (Å²) in [5.41, 5.74) is -4.50. The minimum atomic E-state index is -4.92. The third kappa shape index (κ3) is 4.52. The highest BCUT2D eigenvalue weighted by atomic mass is 32.1. The SMILES string of the molecule is CN(C(=O)c1ccc(N2C(=S)N(c3cnc(C#N)c(C(F)(F)F)c3)C(=O)C23CCC3)cc1F)C(=S)n1ccccc1=O. The van der Waals surface area contributed by atoms with E-state index >= 15 is 4.39 Å². The van der Waals surface area contributed by atoms with E-state index in [0.29, 0.717) is 25.3 Å². The molecule has 1 aliphatic heterocycles. The van der Waals surface area contributed by atoms with Crippen LogP contribution in [0.1, 0.15) is 40.9 Å². The Labute approximate surface area is 246 Å². The summed E-state index contributed by atoms with van der Waals surface area (Å²) in [4.78, 5) is 45.6. The number of carbonyl (C=O) groups is 2. The number of carbonyl (C=O) groups excluding carboxylic acids is 2. The Hall–Kier alpha value is -4.55. The number of amides is 2. The average Bonchev–Trinajstić information content (AvgIpc) is 3.17. The van der Waals surface area contributed by atoms with Crippen LogP contribution in [-0.2, 0) is 11.0 Å². The first-order valence-corrected chi connectivity index (χ1v) is 13.1. The molecule has 5 rings (SSSR count). The Bertz CT molecular complexity index is 1780. The lowest BCUT2D eigenvalue weighted by Crippen LogP contribution is -2.55. The van der Waals surface area contributed by atoms with Gasteiger partial charge in [0.15, 0.2) is 15.9 Å². The molecule has 0 radical (unpaired) electrons. The average molecular weight is 615 g/mol. The lowest BCUT2D eigenvalue weighted by atomic mass is 9.75. The second-order valence-electron chi connectivity index (χ2n) is 9.56. The van der Waals surface area contributed by atoms with Gasteiger partial charge < -0.3 is 4.90 Å². The third-order valence-corrected chi connectivity index (χ3v) is 8.03. The van der Waals surface area contributed by atoms with Crippen molar-refractivity contribution in [3.05, 3.63) is 87.9 Å². The number of hydrogen-bond donors (Lipinski definition) is 0.